The molecule has 0 aliphatic carbocycles. The fraction of sp³-hybridized carbons (Fsp3) is 0.421. The largest absolute Gasteiger partial charge is 0.456 e. The van der Waals surface area contributed by atoms with Gasteiger partial charge in [0.25, 0.3) is 0 Å². The molecule has 0 N–H and O–H groups in total. The molecular formula is C19H21N3O7. The molecule has 10 nitrogen and oxygen atoms in total. The van der Waals surface area contributed by atoms with Crippen molar-refractivity contribution >= 4 is 17.9 Å². The number of ether oxygens (including phenoxy) is 4. The van der Waals surface area contributed by atoms with E-state index < -0.39 is 42.4 Å². The topological polar surface area (TPSA) is 119 Å². The van der Waals surface area contributed by atoms with E-state index in [0.29, 0.717) is 5.69 Å². The molecule has 0 spiro atoms. The van der Waals surface area contributed by atoms with E-state index in [4.69, 9.17) is 18.9 Å². The van der Waals surface area contributed by atoms with E-state index in [1.54, 1.807) is 6.20 Å². The maximum atomic E-state index is 11.7. The van der Waals surface area contributed by atoms with E-state index >= 15 is 0 Å². The molecule has 4 atom stereocenters. The van der Waals surface area contributed by atoms with Crippen molar-refractivity contribution in [2.24, 2.45) is 0 Å². The van der Waals surface area contributed by atoms with Crippen molar-refractivity contribution in [3.05, 3.63) is 36.5 Å². The molecule has 0 saturated carbocycles. The monoisotopic (exact) mass is 403 g/mol. The number of aromatic nitrogens is 3. The number of hydrogen-bond acceptors (Lipinski definition) is 9. The van der Waals surface area contributed by atoms with Gasteiger partial charge in [-0.2, -0.15) is 0 Å². The van der Waals surface area contributed by atoms with Crippen LogP contribution in [0.1, 0.15) is 27.0 Å². The maximum Gasteiger partial charge on any atom is 0.303 e. The Bertz CT molecular complexity index is 883. The molecule has 10 heteroatoms. The predicted molar refractivity (Wildman–Crippen MR) is 97.1 cm³/mol. The van der Waals surface area contributed by atoms with Crippen LogP contribution in [0.15, 0.2) is 36.5 Å². The van der Waals surface area contributed by atoms with Crippen LogP contribution in [-0.4, -0.2) is 57.8 Å². The van der Waals surface area contributed by atoms with Gasteiger partial charge < -0.3 is 18.9 Å². The van der Waals surface area contributed by atoms with Gasteiger partial charge in [-0.25, -0.2) is 4.68 Å². The van der Waals surface area contributed by atoms with Crippen LogP contribution in [0.2, 0.25) is 0 Å². The summed E-state index contributed by atoms with van der Waals surface area (Å²) in [7, 11) is 0. The highest BCUT2D eigenvalue weighted by molar-refractivity contribution is 5.68. The predicted octanol–water partition coefficient (Wildman–Crippen LogP) is 1.27. The molecule has 4 unspecified atom stereocenters. The molecule has 1 saturated heterocycles. The second kappa shape index (κ2) is 8.82. The summed E-state index contributed by atoms with van der Waals surface area (Å²) in [6.45, 7) is 3.57. The third kappa shape index (κ3) is 4.96. The second-order valence-electron chi connectivity index (χ2n) is 6.47. The van der Waals surface area contributed by atoms with E-state index in [-0.39, 0.29) is 6.61 Å². The van der Waals surface area contributed by atoms with Crippen LogP contribution in [0.25, 0.3) is 11.3 Å². The van der Waals surface area contributed by atoms with Crippen LogP contribution in [0, 0.1) is 0 Å². The molecule has 1 aliphatic rings. The fourth-order valence-corrected chi connectivity index (χ4v) is 3.09. The zero-order chi connectivity index (χ0) is 21.0. The summed E-state index contributed by atoms with van der Waals surface area (Å²) >= 11 is 0. The number of nitrogens with zero attached hydrogens (tertiary/aromatic N) is 3. The van der Waals surface area contributed by atoms with Crippen LogP contribution in [0.3, 0.4) is 0 Å². The van der Waals surface area contributed by atoms with Gasteiger partial charge in [-0.05, 0) is 0 Å². The molecule has 0 bridgehead atoms. The van der Waals surface area contributed by atoms with E-state index in [2.05, 4.69) is 10.3 Å². The number of esters is 3. The average molecular weight is 403 g/mol. The van der Waals surface area contributed by atoms with Crippen LogP contribution in [0.4, 0.5) is 0 Å². The Morgan fingerprint density at radius 2 is 1.59 bits per heavy atom. The van der Waals surface area contributed by atoms with Gasteiger partial charge in [0.15, 0.2) is 24.5 Å². The Morgan fingerprint density at radius 1 is 0.966 bits per heavy atom. The Morgan fingerprint density at radius 3 is 2.21 bits per heavy atom. The van der Waals surface area contributed by atoms with Gasteiger partial charge in [0.2, 0.25) is 0 Å². The summed E-state index contributed by atoms with van der Waals surface area (Å²) in [4.78, 5) is 34.8. The smallest absolute Gasteiger partial charge is 0.303 e. The lowest BCUT2D eigenvalue weighted by atomic mass is 10.0. The van der Waals surface area contributed by atoms with Crippen molar-refractivity contribution in [1.82, 2.24) is 15.0 Å². The van der Waals surface area contributed by atoms with Gasteiger partial charge in [0, 0.05) is 26.3 Å². The first kappa shape index (κ1) is 20.5. The third-order valence-corrected chi connectivity index (χ3v) is 4.16. The second-order valence-corrected chi connectivity index (χ2v) is 6.47. The Labute approximate surface area is 166 Å². The lowest BCUT2D eigenvalue weighted by molar-refractivity contribution is -0.241. The van der Waals surface area contributed by atoms with Crippen molar-refractivity contribution < 1.29 is 33.3 Å². The number of rotatable bonds is 5. The van der Waals surface area contributed by atoms with Crippen molar-refractivity contribution in [3.8, 4) is 11.3 Å². The SMILES string of the molecule is CC(=O)OC1COC(n2cc(-c3ccccc3)nn2)C(OC(C)=O)C1OC(C)=O. The summed E-state index contributed by atoms with van der Waals surface area (Å²) in [6, 6.07) is 9.37. The minimum absolute atomic E-state index is 0.0828. The average Bonchev–Trinajstić information content (AvgIpc) is 3.14. The number of carbonyl (C=O) groups is 3. The van der Waals surface area contributed by atoms with Gasteiger partial charge >= 0.3 is 17.9 Å². The minimum Gasteiger partial charge on any atom is -0.456 e. The lowest BCUT2D eigenvalue weighted by Crippen LogP contribution is -2.55. The molecule has 154 valence electrons. The molecule has 0 radical (unpaired) electrons. The first-order valence-electron chi connectivity index (χ1n) is 8.95. The van der Waals surface area contributed by atoms with Gasteiger partial charge in [-0.15, -0.1) is 5.10 Å². The fourth-order valence-electron chi connectivity index (χ4n) is 3.09. The molecular weight excluding hydrogens is 382 g/mol. The zero-order valence-corrected chi connectivity index (χ0v) is 16.2. The van der Waals surface area contributed by atoms with E-state index in [1.807, 2.05) is 30.3 Å². The van der Waals surface area contributed by atoms with E-state index in [9.17, 15) is 14.4 Å². The standard InChI is InChI=1S/C19H21N3O7/c1-11(23)27-16-10-26-19(18(29-13(3)25)17(16)28-12(2)24)22-9-15(20-21-22)14-7-5-4-6-8-14/h4-9,16-19H,10H2,1-3H3. The number of hydrogen-bond donors (Lipinski definition) is 0. The number of benzene rings is 1. The lowest BCUT2D eigenvalue weighted by Gasteiger charge is -2.40. The molecule has 1 fully saturated rings. The first-order chi connectivity index (χ1) is 13.8. The van der Waals surface area contributed by atoms with Crippen molar-refractivity contribution in [2.45, 2.75) is 45.3 Å². The van der Waals surface area contributed by atoms with Crippen LogP contribution >= 0.6 is 0 Å². The van der Waals surface area contributed by atoms with Crippen molar-refractivity contribution in [2.75, 3.05) is 6.61 Å². The Kier molecular flexibility index (Phi) is 6.23. The first-order valence-corrected chi connectivity index (χ1v) is 8.95. The van der Waals surface area contributed by atoms with Crippen LogP contribution in [0.5, 0.6) is 0 Å². The molecule has 3 rings (SSSR count). The van der Waals surface area contributed by atoms with Crippen LogP contribution in [-0.2, 0) is 33.3 Å². The molecule has 2 heterocycles. The van der Waals surface area contributed by atoms with Crippen LogP contribution < -0.4 is 0 Å². The molecule has 0 amide bonds. The quantitative estimate of drug-likeness (QED) is 0.537. The van der Waals surface area contributed by atoms with Crippen molar-refractivity contribution in [3.63, 3.8) is 0 Å². The summed E-state index contributed by atoms with van der Waals surface area (Å²) < 4.78 is 23.1. The van der Waals surface area contributed by atoms with E-state index in [1.165, 1.54) is 25.5 Å². The molecule has 29 heavy (non-hydrogen) atoms. The summed E-state index contributed by atoms with van der Waals surface area (Å²) in [5.74, 6) is -1.82. The zero-order valence-electron chi connectivity index (χ0n) is 16.2. The normalized spacial score (nSPS) is 23.8. The Hall–Kier alpha value is -3.27. The summed E-state index contributed by atoms with van der Waals surface area (Å²) in [6.07, 6.45) is -2.40. The minimum atomic E-state index is -1.10. The summed E-state index contributed by atoms with van der Waals surface area (Å²) in [5, 5.41) is 8.20. The molecule has 1 aromatic heterocycles. The van der Waals surface area contributed by atoms with Gasteiger partial charge in [0.05, 0.1) is 12.8 Å². The highest BCUT2D eigenvalue weighted by Gasteiger charge is 2.48. The molecule has 1 aliphatic heterocycles. The number of carbonyl (C=O) groups excluding carboxylic acids is 3. The Balaban J connectivity index is 1.92. The highest BCUT2D eigenvalue weighted by Crippen LogP contribution is 2.31. The van der Waals surface area contributed by atoms with E-state index in [0.717, 1.165) is 5.56 Å². The summed E-state index contributed by atoms with van der Waals surface area (Å²) in [5.41, 5.74) is 1.43. The third-order valence-electron chi connectivity index (χ3n) is 4.16. The van der Waals surface area contributed by atoms with Gasteiger partial charge in [0.1, 0.15) is 5.69 Å². The highest BCUT2D eigenvalue weighted by atomic mass is 16.6. The van der Waals surface area contributed by atoms with Crippen molar-refractivity contribution in [1.29, 1.82) is 0 Å². The van der Waals surface area contributed by atoms with Gasteiger partial charge in [-0.3, -0.25) is 14.4 Å². The van der Waals surface area contributed by atoms with Gasteiger partial charge in [-0.1, -0.05) is 35.5 Å². The molecule has 1 aromatic carbocycles. The molecule has 2 aromatic rings. The maximum absolute atomic E-state index is 11.7.